The van der Waals surface area contributed by atoms with Crippen LogP contribution in [0.1, 0.15) is 35.2 Å². The van der Waals surface area contributed by atoms with E-state index in [1.807, 2.05) is 11.8 Å². The molecule has 1 heterocycles. The van der Waals surface area contributed by atoms with Crippen molar-refractivity contribution in [2.24, 2.45) is 0 Å². The van der Waals surface area contributed by atoms with E-state index in [9.17, 15) is 0 Å². The van der Waals surface area contributed by atoms with Gasteiger partial charge < -0.3 is 4.90 Å². The summed E-state index contributed by atoms with van der Waals surface area (Å²) in [6.45, 7) is 8.14. The Labute approximate surface area is 156 Å². The zero-order valence-electron chi connectivity index (χ0n) is 15.4. The van der Waals surface area contributed by atoms with E-state index in [1.165, 1.54) is 41.2 Å². The summed E-state index contributed by atoms with van der Waals surface area (Å²) < 4.78 is 0. The molecule has 0 N–H and O–H groups in total. The smallest absolute Gasteiger partial charge is 0.0608 e. The molecule has 0 amide bonds. The fourth-order valence-corrected chi connectivity index (χ4v) is 4.83. The van der Waals surface area contributed by atoms with Gasteiger partial charge in [-0.05, 0) is 60.0 Å². The van der Waals surface area contributed by atoms with Gasteiger partial charge in [0.15, 0.2) is 0 Å². The number of aryl methyl sites for hydroxylation is 2. The Kier molecular flexibility index (Phi) is 5.16. The number of fused-ring (bicyclic) bond motifs is 2. The third-order valence-electron chi connectivity index (χ3n) is 5.88. The fourth-order valence-electron chi connectivity index (χ4n) is 4.38. The molecule has 2 aromatic carbocycles. The Balaban J connectivity index is 1.78. The third kappa shape index (κ3) is 3.38. The minimum Gasteiger partial charge on any atom is -0.301 e. The molecule has 1 aliphatic carbocycles. The van der Waals surface area contributed by atoms with E-state index in [4.69, 9.17) is 0 Å². The van der Waals surface area contributed by atoms with Crippen molar-refractivity contribution in [1.82, 2.24) is 9.80 Å². The molecule has 2 aliphatic rings. The van der Waals surface area contributed by atoms with Crippen LogP contribution in [0.4, 0.5) is 0 Å². The van der Waals surface area contributed by atoms with E-state index in [0.717, 1.165) is 25.9 Å². The van der Waals surface area contributed by atoms with Crippen molar-refractivity contribution in [2.45, 2.75) is 30.7 Å². The summed E-state index contributed by atoms with van der Waals surface area (Å²) in [6, 6.07) is 16.7. The summed E-state index contributed by atoms with van der Waals surface area (Å²) in [4.78, 5) is 6.67. The van der Waals surface area contributed by atoms with E-state index in [0.29, 0.717) is 6.04 Å². The second kappa shape index (κ2) is 7.53. The minimum atomic E-state index is 0.416. The molecule has 1 atom stereocenters. The van der Waals surface area contributed by atoms with Crippen molar-refractivity contribution in [2.75, 3.05) is 39.0 Å². The first-order valence-corrected chi connectivity index (χ1v) is 10.7. The number of likely N-dealkylation sites (N-methyl/N-ethyl adjacent to an activating group) is 1. The van der Waals surface area contributed by atoms with E-state index in [2.05, 4.69) is 65.4 Å². The summed E-state index contributed by atoms with van der Waals surface area (Å²) in [5.74, 6) is 0. The average molecular weight is 353 g/mol. The van der Waals surface area contributed by atoms with Gasteiger partial charge in [0.05, 0.1) is 6.04 Å². The highest BCUT2D eigenvalue weighted by atomic mass is 32.2. The molecular weight excluding hydrogens is 324 g/mol. The van der Waals surface area contributed by atoms with E-state index in [-0.39, 0.29) is 0 Å². The molecule has 2 nitrogen and oxygen atoms in total. The van der Waals surface area contributed by atoms with Gasteiger partial charge in [-0.1, -0.05) is 37.3 Å². The molecule has 4 rings (SSSR count). The SMILES string of the molecule is CCN1CCN(C2c3ccccc3CCc3ccc(SC)cc32)CC1. The monoisotopic (exact) mass is 352 g/mol. The molecule has 2 aromatic rings. The zero-order valence-corrected chi connectivity index (χ0v) is 16.2. The van der Waals surface area contributed by atoms with Gasteiger partial charge >= 0.3 is 0 Å². The van der Waals surface area contributed by atoms with Crippen molar-refractivity contribution < 1.29 is 0 Å². The zero-order chi connectivity index (χ0) is 17.2. The highest BCUT2D eigenvalue weighted by molar-refractivity contribution is 7.98. The first-order valence-electron chi connectivity index (χ1n) is 9.51. The third-order valence-corrected chi connectivity index (χ3v) is 6.61. The molecule has 132 valence electrons. The van der Waals surface area contributed by atoms with Crippen molar-refractivity contribution in [3.63, 3.8) is 0 Å². The molecule has 0 radical (unpaired) electrons. The maximum absolute atomic E-state index is 2.72. The lowest BCUT2D eigenvalue weighted by atomic mass is 9.92. The Morgan fingerprint density at radius 1 is 0.920 bits per heavy atom. The van der Waals surface area contributed by atoms with E-state index >= 15 is 0 Å². The Hall–Kier alpha value is -1.29. The Bertz CT molecular complexity index is 735. The van der Waals surface area contributed by atoms with Crippen LogP contribution in [0.15, 0.2) is 47.4 Å². The van der Waals surface area contributed by atoms with Crippen LogP contribution < -0.4 is 0 Å². The molecule has 1 unspecified atom stereocenters. The molecular formula is C22H28N2S. The van der Waals surface area contributed by atoms with Crippen molar-refractivity contribution in [3.05, 3.63) is 64.7 Å². The van der Waals surface area contributed by atoms with Crippen LogP contribution in [0.3, 0.4) is 0 Å². The largest absolute Gasteiger partial charge is 0.301 e. The maximum atomic E-state index is 2.72. The first-order chi connectivity index (χ1) is 12.3. The Morgan fingerprint density at radius 3 is 2.36 bits per heavy atom. The van der Waals surface area contributed by atoms with E-state index < -0.39 is 0 Å². The number of hydrogen-bond donors (Lipinski definition) is 0. The van der Waals surface area contributed by atoms with Crippen molar-refractivity contribution in [1.29, 1.82) is 0 Å². The highest BCUT2D eigenvalue weighted by Gasteiger charge is 2.30. The molecule has 0 spiro atoms. The van der Waals surface area contributed by atoms with E-state index in [1.54, 1.807) is 5.56 Å². The molecule has 0 aromatic heterocycles. The van der Waals surface area contributed by atoms with Gasteiger partial charge in [-0.2, -0.15) is 0 Å². The molecule has 0 bridgehead atoms. The van der Waals surface area contributed by atoms with Gasteiger partial charge in [-0.15, -0.1) is 11.8 Å². The topological polar surface area (TPSA) is 6.48 Å². The average Bonchev–Trinajstić information content (AvgIpc) is 2.84. The lowest BCUT2D eigenvalue weighted by molar-refractivity contribution is 0.113. The van der Waals surface area contributed by atoms with Crippen LogP contribution >= 0.6 is 11.8 Å². The lowest BCUT2D eigenvalue weighted by Crippen LogP contribution is -2.47. The molecule has 1 aliphatic heterocycles. The van der Waals surface area contributed by atoms with Crippen LogP contribution in [-0.2, 0) is 12.8 Å². The van der Waals surface area contributed by atoms with Gasteiger partial charge in [0.1, 0.15) is 0 Å². The number of thioether (sulfide) groups is 1. The van der Waals surface area contributed by atoms with Gasteiger partial charge in [-0.25, -0.2) is 0 Å². The normalized spacial score (nSPS) is 21.4. The standard InChI is InChI=1S/C22H28N2S/c1-3-23-12-14-24(15-13-23)22-20-7-5-4-6-17(20)8-9-18-10-11-19(25-2)16-21(18)22/h4-7,10-11,16,22H,3,8-9,12-15H2,1-2H3. The summed E-state index contributed by atoms with van der Waals surface area (Å²) in [7, 11) is 0. The Morgan fingerprint density at radius 2 is 1.64 bits per heavy atom. The minimum absolute atomic E-state index is 0.416. The lowest BCUT2D eigenvalue weighted by Gasteiger charge is -2.40. The van der Waals surface area contributed by atoms with Gasteiger partial charge in [0.25, 0.3) is 0 Å². The predicted molar refractivity (Wildman–Crippen MR) is 108 cm³/mol. The van der Waals surface area contributed by atoms with Gasteiger partial charge in [0, 0.05) is 31.1 Å². The van der Waals surface area contributed by atoms with Crippen molar-refractivity contribution in [3.8, 4) is 0 Å². The summed E-state index contributed by atoms with van der Waals surface area (Å²) in [5, 5.41) is 0. The molecule has 25 heavy (non-hydrogen) atoms. The summed E-state index contributed by atoms with van der Waals surface area (Å²) >= 11 is 1.86. The maximum Gasteiger partial charge on any atom is 0.0608 e. The quantitative estimate of drug-likeness (QED) is 0.763. The van der Waals surface area contributed by atoms with Gasteiger partial charge in [0.2, 0.25) is 0 Å². The summed E-state index contributed by atoms with van der Waals surface area (Å²) in [5.41, 5.74) is 6.15. The highest BCUT2D eigenvalue weighted by Crippen LogP contribution is 2.38. The van der Waals surface area contributed by atoms with Crippen LogP contribution in [0, 0.1) is 0 Å². The number of benzene rings is 2. The second-order valence-electron chi connectivity index (χ2n) is 7.14. The molecule has 1 saturated heterocycles. The molecule has 0 saturated carbocycles. The van der Waals surface area contributed by atoms with Crippen molar-refractivity contribution >= 4 is 11.8 Å². The molecule has 3 heteroatoms. The number of nitrogens with zero attached hydrogens (tertiary/aromatic N) is 2. The van der Waals surface area contributed by atoms with Crippen LogP contribution in [0.25, 0.3) is 0 Å². The van der Waals surface area contributed by atoms with Gasteiger partial charge in [-0.3, -0.25) is 4.90 Å². The van der Waals surface area contributed by atoms with Crippen LogP contribution in [0.5, 0.6) is 0 Å². The number of rotatable bonds is 3. The number of piperazine rings is 1. The molecule has 1 fully saturated rings. The number of hydrogen-bond acceptors (Lipinski definition) is 3. The van der Waals surface area contributed by atoms with Crippen LogP contribution in [0.2, 0.25) is 0 Å². The van der Waals surface area contributed by atoms with Crippen LogP contribution in [-0.4, -0.2) is 48.8 Å². The first kappa shape index (κ1) is 17.1. The predicted octanol–water partition coefficient (Wildman–Crippen LogP) is 4.23. The summed E-state index contributed by atoms with van der Waals surface area (Å²) in [6.07, 6.45) is 4.50. The second-order valence-corrected chi connectivity index (χ2v) is 8.02. The fraction of sp³-hybridized carbons (Fsp3) is 0.455.